The Morgan fingerprint density at radius 1 is 1.09 bits per heavy atom. The van der Waals surface area contributed by atoms with Crippen LogP contribution in [0.2, 0.25) is 0 Å². The predicted molar refractivity (Wildman–Crippen MR) is 89.8 cm³/mol. The van der Waals surface area contributed by atoms with Gasteiger partial charge in [0.25, 0.3) is 0 Å². The first kappa shape index (κ1) is 14.9. The maximum Gasteiger partial charge on any atom is 0.0596 e. The lowest BCUT2D eigenvalue weighted by molar-refractivity contribution is -0.0761. The normalized spacial score (nSPS) is 58.0. The van der Waals surface area contributed by atoms with Gasteiger partial charge in [0, 0.05) is 18.0 Å². The van der Waals surface area contributed by atoms with E-state index in [0.717, 1.165) is 31.1 Å². The highest BCUT2D eigenvalue weighted by molar-refractivity contribution is 5.31. The van der Waals surface area contributed by atoms with Crippen LogP contribution >= 0.6 is 0 Å². The number of allylic oxidation sites excluding steroid dienone is 1. The number of aliphatic hydroxyl groups excluding tert-OH is 2. The monoisotopic (exact) mass is 317 g/mol. The summed E-state index contributed by atoms with van der Waals surface area (Å²) in [5.74, 6) is 2.24. The van der Waals surface area contributed by atoms with E-state index >= 15 is 0 Å². The highest BCUT2D eigenvalue weighted by atomic mass is 16.3. The molecule has 0 aromatic rings. The first-order valence-corrected chi connectivity index (χ1v) is 9.85. The molecule has 0 aromatic heterocycles. The Balaban J connectivity index is 1.54. The lowest BCUT2D eigenvalue weighted by Crippen LogP contribution is -2.54. The minimum atomic E-state index is -0.119. The number of rotatable bonds is 1. The fourth-order valence-electron chi connectivity index (χ4n) is 7.40. The van der Waals surface area contributed by atoms with Crippen LogP contribution in [0.5, 0.6) is 0 Å². The molecular formula is C20H31NO2. The van der Waals surface area contributed by atoms with E-state index in [4.69, 9.17) is 0 Å². The van der Waals surface area contributed by atoms with Gasteiger partial charge >= 0.3 is 0 Å². The zero-order valence-electron chi connectivity index (χ0n) is 14.3. The molecule has 8 atom stereocenters. The molecule has 0 radical (unpaired) electrons. The Morgan fingerprint density at radius 3 is 2.70 bits per heavy atom. The smallest absolute Gasteiger partial charge is 0.0596 e. The minimum Gasteiger partial charge on any atom is -0.393 e. The highest BCUT2D eigenvalue weighted by Crippen LogP contribution is 2.66. The van der Waals surface area contributed by atoms with Crippen molar-refractivity contribution in [3.63, 3.8) is 0 Å². The van der Waals surface area contributed by atoms with Crippen molar-refractivity contribution in [3.05, 3.63) is 11.6 Å². The van der Waals surface area contributed by atoms with Gasteiger partial charge in [-0.05, 0) is 74.5 Å². The van der Waals surface area contributed by atoms with Crippen molar-refractivity contribution in [1.29, 1.82) is 0 Å². The van der Waals surface area contributed by atoms with Gasteiger partial charge in [0.05, 0.1) is 12.2 Å². The predicted octanol–water partition coefficient (Wildman–Crippen LogP) is 2.62. The average Bonchev–Trinajstić information content (AvgIpc) is 3.34. The highest BCUT2D eigenvalue weighted by Gasteiger charge is 2.63. The maximum atomic E-state index is 10.6. The SMILES string of the molecule is C[C@]12CC[C@H]3[C@@H](CC=C4C[C@@H](O)CC[C@@]43[C@@H]3CN3)[C@@H]1CC[C@@H]2O. The molecule has 4 fully saturated rings. The van der Waals surface area contributed by atoms with E-state index in [1.54, 1.807) is 5.57 Å². The van der Waals surface area contributed by atoms with Crippen LogP contribution in [0, 0.1) is 28.6 Å². The summed E-state index contributed by atoms with van der Waals surface area (Å²) in [7, 11) is 0. The van der Waals surface area contributed by atoms with Gasteiger partial charge in [0.2, 0.25) is 0 Å². The summed E-state index contributed by atoms with van der Waals surface area (Å²) < 4.78 is 0. The third-order valence-corrected chi connectivity index (χ3v) is 8.66. The molecule has 128 valence electrons. The average molecular weight is 317 g/mol. The van der Waals surface area contributed by atoms with Crippen molar-refractivity contribution < 1.29 is 10.2 Å². The molecule has 1 heterocycles. The molecule has 3 nitrogen and oxygen atoms in total. The van der Waals surface area contributed by atoms with Crippen molar-refractivity contribution >= 4 is 0 Å². The second kappa shape index (κ2) is 4.83. The van der Waals surface area contributed by atoms with Crippen molar-refractivity contribution in [2.45, 2.75) is 76.5 Å². The molecule has 5 rings (SSSR count). The summed E-state index contributed by atoms with van der Waals surface area (Å²) in [5, 5.41) is 24.4. The summed E-state index contributed by atoms with van der Waals surface area (Å²) in [4.78, 5) is 0. The quantitative estimate of drug-likeness (QED) is 0.514. The van der Waals surface area contributed by atoms with E-state index in [9.17, 15) is 10.2 Å². The molecule has 3 saturated carbocycles. The number of nitrogens with one attached hydrogen (secondary N) is 1. The second-order valence-electron chi connectivity index (χ2n) is 9.38. The van der Waals surface area contributed by atoms with Gasteiger partial charge in [-0.1, -0.05) is 18.6 Å². The lowest BCUT2D eigenvalue weighted by atomic mass is 9.46. The fourth-order valence-corrected chi connectivity index (χ4v) is 7.40. The lowest BCUT2D eigenvalue weighted by Gasteiger charge is -2.58. The summed E-state index contributed by atoms with van der Waals surface area (Å²) in [6.07, 6.45) is 11.3. The van der Waals surface area contributed by atoms with Crippen molar-refractivity contribution in [2.75, 3.05) is 6.54 Å². The van der Waals surface area contributed by atoms with Crippen molar-refractivity contribution in [2.24, 2.45) is 28.6 Å². The third kappa shape index (κ3) is 1.88. The second-order valence-corrected chi connectivity index (χ2v) is 9.38. The van der Waals surface area contributed by atoms with Crippen LogP contribution in [0.4, 0.5) is 0 Å². The Bertz CT molecular complexity index is 542. The molecule has 3 N–H and O–H groups in total. The number of fused-ring (bicyclic) bond motifs is 5. The molecule has 5 aliphatic rings. The third-order valence-electron chi connectivity index (χ3n) is 8.66. The van der Waals surface area contributed by atoms with Gasteiger partial charge in [-0.25, -0.2) is 0 Å². The van der Waals surface area contributed by atoms with Crippen LogP contribution in [0.25, 0.3) is 0 Å². The van der Waals surface area contributed by atoms with Crippen molar-refractivity contribution in [3.8, 4) is 0 Å². The zero-order valence-corrected chi connectivity index (χ0v) is 14.3. The van der Waals surface area contributed by atoms with E-state index in [2.05, 4.69) is 18.3 Å². The summed E-state index contributed by atoms with van der Waals surface area (Å²) >= 11 is 0. The van der Waals surface area contributed by atoms with Crippen LogP contribution in [0.3, 0.4) is 0 Å². The number of hydrogen-bond acceptors (Lipinski definition) is 3. The molecule has 0 aromatic carbocycles. The van der Waals surface area contributed by atoms with Crippen LogP contribution < -0.4 is 5.32 Å². The van der Waals surface area contributed by atoms with Gasteiger partial charge < -0.3 is 15.5 Å². The molecule has 23 heavy (non-hydrogen) atoms. The Labute approximate surface area is 139 Å². The van der Waals surface area contributed by atoms with Gasteiger partial charge in [-0.2, -0.15) is 0 Å². The molecule has 0 unspecified atom stereocenters. The van der Waals surface area contributed by atoms with E-state index in [1.807, 2.05) is 0 Å². The molecule has 1 aliphatic heterocycles. The molecule has 0 spiro atoms. The van der Waals surface area contributed by atoms with E-state index in [0.29, 0.717) is 17.4 Å². The largest absolute Gasteiger partial charge is 0.393 e. The van der Waals surface area contributed by atoms with Gasteiger partial charge in [0.1, 0.15) is 0 Å². The summed E-state index contributed by atoms with van der Waals surface area (Å²) in [5.41, 5.74) is 2.07. The zero-order chi connectivity index (χ0) is 15.8. The van der Waals surface area contributed by atoms with E-state index in [-0.39, 0.29) is 17.6 Å². The number of aliphatic hydroxyl groups is 2. The topological polar surface area (TPSA) is 62.4 Å². The van der Waals surface area contributed by atoms with Crippen LogP contribution in [0.1, 0.15) is 58.3 Å². The Morgan fingerprint density at radius 2 is 1.91 bits per heavy atom. The number of hydrogen-bond donors (Lipinski definition) is 3. The molecule has 0 amide bonds. The van der Waals surface area contributed by atoms with E-state index in [1.165, 1.54) is 38.6 Å². The maximum absolute atomic E-state index is 10.6. The Kier molecular flexibility index (Phi) is 3.13. The Hall–Kier alpha value is -0.380. The van der Waals surface area contributed by atoms with E-state index < -0.39 is 0 Å². The van der Waals surface area contributed by atoms with Crippen molar-refractivity contribution in [1.82, 2.24) is 5.32 Å². The van der Waals surface area contributed by atoms with Crippen LogP contribution in [-0.2, 0) is 0 Å². The minimum absolute atomic E-state index is 0.0815. The standard InChI is InChI=1S/C20H31NO2/c1-19-8-7-16-14(15(19)4-5-18(19)23)3-2-12-10-13(22)6-9-20(12,16)17-11-21-17/h2,13-18,21-23H,3-11H2,1H3/t13-,14-,15-,16-,17-,18-,19-,20+/m0/s1. The molecule has 3 heteroatoms. The van der Waals surface area contributed by atoms with Gasteiger partial charge in [-0.15, -0.1) is 0 Å². The summed E-state index contributed by atoms with van der Waals surface area (Å²) in [6, 6.07) is 0.657. The first-order valence-electron chi connectivity index (χ1n) is 9.85. The van der Waals surface area contributed by atoms with Crippen LogP contribution in [-0.4, -0.2) is 35.0 Å². The molecule has 1 saturated heterocycles. The first-order chi connectivity index (χ1) is 11.1. The van der Waals surface area contributed by atoms with Crippen LogP contribution in [0.15, 0.2) is 11.6 Å². The summed E-state index contributed by atoms with van der Waals surface area (Å²) in [6.45, 7) is 3.53. The molecule has 0 bridgehead atoms. The molecule has 4 aliphatic carbocycles. The van der Waals surface area contributed by atoms with Gasteiger partial charge in [0.15, 0.2) is 0 Å². The fraction of sp³-hybridized carbons (Fsp3) is 0.900. The van der Waals surface area contributed by atoms with Gasteiger partial charge in [-0.3, -0.25) is 0 Å². The molecular weight excluding hydrogens is 286 g/mol.